The van der Waals surface area contributed by atoms with E-state index in [2.05, 4.69) is 24.5 Å². The lowest BCUT2D eigenvalue weighted by Crippen LogP contribution is -2.47. The first-order valence-electron chi connectivity index (χ1n) is 9.25. The molecule has 5 heteroatoms. The Hall–Kier alpha value is -2.04. The van der Waals surface area contributed by atoms with Crippen LogP contribution in [0.15, 0.2) is 24.3 Å². The molecule has 2 atom stereocenters. The highest BCUT2D eigenvalue weighted by Gasteiger charge is 2.30. The maximum absolute atomic E-state index is 12.2. The third-order valence-corrected chi connectivity index (χ3v) is 4.68. The van der Waals surface area contributed by atoms with Gasteiger partial charge in [-0.05, 0) is 62.8 Å². The van der Waals surface area contributed by atoms with E-state index in [0.717, 1.165) is 25.0 Å². The van der Waals surface area contributed by atoms with Gasteiger partial charge in [-0.1, -0.05) is 26.7 Å². The Morgan fingerprint density at radius 1 is 1.00 bits per heavy atom. The van der Waals surface area contributed by atoms with Crippen molar-refractivity contribution < 1.29 is 14.3 Å². The van der Waals surface area contributed by atoms with Gasteiger partial charge < -0.3 is 15.4 Å². The van der Waals surface area contributed by atoms with Crippen LogP contribution < -0.4 is 15.4 Å². The van der Waals surface area contributed by atoms with Crippen LogP contribution >= 0.6 is 0 Å². The van der Waals surface area contributed by atoms with Gasteiger partial charge in [0, 0.05) is 11.7 Å². The number of carbonyl (C=O) groups excluding carboxylic acids is 2. The minimum Gasteiger partial charge on any atom is -0.491 e. The van der Waals surface area contributed by atoms with Gasteiger partial charge in [-0.2, -0.15) is 0 Å². The van der Waals surface area contributed by atoms with Gasteiger partial charge in [-0.15, -0.1) is 0 Å². The van der Waals surface area contributed by atoms with E-state index in [1.54, 1.807) is 24.3 Å². The number of ether oxygens (including phenoxy) is 1. The number of nitrogens with one attached hydrogen (secondary N) is 2. The molecule has 0 bridgehead atoms. The molecule has 0 saturated heterocycles. The van der Waals surface area contributed by atoms with Gasteiger partial charge in [0.1, 0.15) is 5.75 Å². The van der Waals surface area contributed by atoms with E-state index < -0.39 is 11.8 Å². The molecule has 2 rings (SSSR count). The Bertz CT molecular complexity index is 581. The SMILES string of the molecule is CC(C)Oc1ccc(NC(=O)C(=O)NC2CCCCC2C(C)C)cc1. The fraction of sp³-hybridized carbons (Fsp3) is 0.600. The summed E-state index contributed by atoms with van der Waals surface area (Å²) in [4.78, 5) is 24.4. The molecule has 2 N–H and O–H groups in total. The first kappa shape index (κ1) is 19.3. The highest BCUT2D eigenvalue weighted by molar-refractivity contribution is 6.39. The third kappa shape index (κ3) is 5.76. The van der Waals surface area contributed by atoms with E-state index in [9.17, 15) is 9.59 Å². The molecule has 1 aliphatic carbocycles. The van der Waals surface area contributed by atoms with Gasteiger partial charge in [0.25, 0.3) is 0 Å². The van der Waals surface area contributed by atoms with E-state index in [1.807, 2.05) is 13.8 Å². The summed E-state index contributed by atoms with van der Waals surface area (Å²) in [6.07, 6.45) is 4.46. The van der Waals surface area contributed by atoms with Gasteiger partial charge in [0.15, 0.2) is 0 Å². The van der Waals surface area contributed by atoms with E-state index in [0.29, 0.717) is 17.5 Å². The van der Waals surface area contributed by atoms with Crippen LogP contribution in [0.2, 0.25) is 0 Å². The number of carbonyl (C=O) groups is 2. The summed E-state index contributed by atoms with van der Waals surface area (Å²) < 4.78 is 5.56. The summed E-state index contributed by atoms with van der Waals surface area (Å²) in [5.41, 5.74) is 0.584. The second kappa shape index (κ2) is 8.88. The largest absolute Gasteiger partial charge is 0.491 e. The monoisotopic (exact) mass is 346 g/mol. The molecule has 2 unspecified atom stereocenters. The Morgan fingerprint density at radius 3 is 2.24 bits per heavy atom. The normalized spacial score (nSPS) is 20.4. The number of hydrogen-bond acceptors (Lipinski definition) is 3. The topological polar surface area (TPSA) is 67.4 Å². The molecule has 0 heterocycles. The molecule has 0 radical (unpaired) electrons. The van der Waals surface area contributed by atoms with Crippen LogP contribution in [0.1, 0.15) is 53.4 Å². The summed E-state index contributed by atoms with van der Waals surface area (Å²) in [6.45, 7) is 8.26. The lowest BCUT2D eigenvalue weighted by Gasteiger charge is -2.34. The quantitative estimate of drug-likeness (QED) is 0.798. The second-order valence-electron chi connectivity index (χ2n) is 7.42. The molecule has 1 aromatic carbocycles. The van der Waals surface area contributed by atoms with Crippen LogP contribution in [0.4, 0.5) is 5.69 Å². The standard InChI is InChI=1S/C20H30N2O3/c1-13(2)17-7-5-6-8-18(17)22-20(24)19(23)21-15-9-11-16(12-10-15)25-14(3)4/h9-14,17-18H,5-8H2,1-4H3,(H,21,23)(H,22,24). The van der Waals surface area contributed by atoms with Crippen molar-refractivity contribution in [3.8, 4) is 5.75 Å². The minimum absolute atomic E-state index is 0.0915. The predicted molar refractivity (Wildman–Crippen MR) is 99.6 cm³/mol. The summed E-state index contributed by atoms with van der Waals surface area (Å²) in [6, 6.07) is 7.13. The van der Waals surface area contributed by atoms with Crippen LogP contribution in [0.3, 0.4) is 0 Å². The lowest BCUT2D eigenvalue weighted by atomic mass is 9.78. The highest BCUT2D eigenvalue weighted by Crippen LogP contribution is 2.30. The van der Waals surface area contributed by atoms with Gasteiger partial charge in [0.05, 0.1) is 6.10 Å². The van der Waals surface area contributed by atoms with Crippen molar-refractivity contribution in [2.75, 3.05) is 5.32 Å². The van der Waals surface area contributed by atoms with E-state index in [1.165, 1.54) is 6.42 Å². The second-order valence-corrected chi connectivity index (χ2v) is 7.42. The van der Waals surface area contributed by atoms with Crippen molar-refractivity contribution in [1.82, 2.24) is 5.32 Å². The summed E-state index contributed by atoms with van der Waals surface area (Å²) >= 11 is 0. The molecule has 138 valence electrons. The Labute approximate surface area is 150 Å². The van der Waals surface area contributed by atoms with Crippen molar-refractivity contribution in [2.45, 2.75) is 65.5 Å². The predicted octanol–water partition coefficient (Wildman–Crippen LogP) is 3.74. The van der Waals surface area contributed by atoms with Crippen LogP contribution in [0.5, 0.6) is 5.75 Å². The first-order chi connectivity index (χ1) is 11.9. The zero-order valence-electron chi connectivity index (χ0n) is 15.7. The van der Waals surface area contributed by atoms with Crippen molar-refractivity contribution in [3.05, 3.63) is 24.3 Å². The molecule has 0 aliphatic heterocycles. The number of rotatable bonds is 5. The van der Waals surface area contributed by atoms with Crippen LogP contribution in [0, 0.1) is 11.8 Å². The molecule has 2 amide bonds. The Balaban J connectivity index is 1.90. The summed E-state index contributed by atoms with van der Waals surface area (Å²) in [5.74, 6) is 0.505. The molecular formula is C20H30N2O3. The van der Waals surface area contributed by atoms with Crippen LogP contribution in [-0.4, -0.2) is 24.0 Å². The lowest BCUT2D eigenvalue weighted by molar-refractivity contribution is -0.137. The van der Waals surface area contributed by atoms with Crippen molar-refractivity contribution in [3.63, 3.8) is 0 Å². The molecule has 0 aromatic heterocycles. The zero-order valence-corrected chi connectivity index (χ0v) is 15.7. The maximum atomic E-state index is 12.2. The number of hydrogen-bond donors (Lipinski definition) is 2. The maximum Gasteiger partial charge on any atom is 0.313 e. The van der Waals surface area contributed by atoms with E-state index in [-0.39, 0.29) is 12.1 Å². The van der Waals surface area contributed by atoms with Gasteiger partial charge in [-0.3, -0.25) is 9.59 Å². The average molecular weight is 346 g/mol. The van der Waals surface area contributed by atoms with Crippen molar-refractivity contribution >= 4 is 17.5 Å². The molecule has 1 aliphatic rings. The molecule has 1 saturated carbocycles. The highest BCUT2D eigenvalue weighted by atomic mass is 16.5. The third-order valence-electron chi connectivity index (χ3n) is 4.68. The van der Waals surface area contributed by atoms with Gasteiger partial charge in [-0.25, -0.2) is 0 Å². The average Bonchev–Trinajstić information content (AvgIpc) is 2.56. The molecular weight excluding hydrogens is 316 g/mol. The van der Waals surface area contributed by atoms with Crippen LogP contribution in [-0.2, 0) is 9.59 Å². The molecule has 0 spiro atoms. The Morgan fingerprint density at radius 2 is 1.64 bits per heavy atom. The smallest absolute Gasteiger partial charge is 0.313 e. The van der Waals surface area contributed by atoms with Crippen LogP contribution in [0.25, 0.3) is 0 Å². The fourth-order valence-corrected chi connectivity index (χ4v) is 3.45. The summed E-state index contributed by atoms with van der Waals surface area (Å²) in [5, 5.41) is 5.58. The molecule has 25 heavy (non-hydrogen) atoms. The van der Waals surface area contributed by atoms with Crippen molar-refractivity contribution in [2.24, 2.45) is 11.8 Å². The first-order valence-corrected chi connectivity index (χ1v) is 9.25. The van der Waals surface area contributed by atoms with Crippen molar-refractivity contribution in [1.29, 1.82) is 0 Å². The minimum atomic E-state index is -0.620. The fourth-order valence-electron chi connectivity index (χ4n) is 3.45. The summed E-state index contributed by atoms with van der Waals surface area (Å²) in [7, 11) is 0. The number of amides is 2. The molecule has 1 fully saturated rings. The molecule has 5 nitrogen and oxygen atoms in total. The van der Waals surface area contributed by atoms with E-state index in [4.69, 9.17) is 4.74 Å². The van der Waals surface area contributed by atoms with Gasteiger partial charge in [0.2, 0.25) is 0 Å². The zero-order chi connectivity index (χ0) is 18.4. The Kier molecular flexibility index (Phi) is 6.85. The molecule has 1 aromatic rings. The van der Waals surface area contributed by atoms with Gasteiger partial charge >= 0.3 is 11.8 Å². The number of anilines is 1. The number of benzene rings is 1. The van der Waals surface area contributed by atoms with E-state index >= 15 is 0 Å².